The van der Waals surface area contributed by atoms with E-state index in [4.69, 9.17) is 4.74 Å². The monoisotopic (exact) mass is 340 g/mol. The molecule has 1 heterocycles. The predicted molar refractivity (Wildman–Crippen MR) is 89.5 cm³/mol. The van der Waals surface area contributed by atoms with Crippen LogP contribution >= 0.6 is 12.4 Å². The van der Waals surface area contributed by atoms with E-state index in [1.54, 1.807) is 37.4 Å². The molecule has 1 atom stereocenters. The van der Waals surface area contributed by atoms with Crippen molar-refractivity contribution in [3.05, 3.63) is 54.6 Å². The fourth-order valence-electron chi connectivity index (χ4n) is 2.34. The number of nitrogens with zero attached hydrogens (tertiary/aromatic N) is 1. The molecule has 0 saturated heterocycles. The normalized spacial score (nSPS) is 18.8. The van der Waals surface area contributed by atoms with E-state index in [1.165, 1.54) is 4.31 Å². The number of sulfonamides is 1. The van der Waals surface area contributed by atoms with Gasteiger partial charge >= 0.3 is 0 Å². The highest BCUT2D eigenvalue weighted by molar-refractivity contribution is 7.93. The van der Waals surface area contributed by atoms with Crippen molar-refractivity contribution in [1.82, 2.24) is 5.32 Å². The highest BCUT2D eigenvalue weighted by Gasteiger charge is 2.40. The van der Waals surface area contributed by atoms with Crippen LogP contribution in [0.25, 0.3) is 0 Å². The van der Waals surface area contributed by atoms with Crippen LogP contribution < -0.4 is 14.4 Å². The number of fused-ring (bicyclic) bond motifs is 1. The third-order valence-corrected chi connectivity index (χ3v) is 5.13. The first-order chi connectivity index (χ1) is 10.1. The van der Waals surface area contributed by atoms with Gasteiger partial charge in [-0.05, 0) is 31.3 Å². The Kier molecular flexibility index (Phi) is 4.95. The van der Waals surface area contributed by atoms with Crippen LogP contribution in [0.2, 0.25) is 0 Å². The molecule has 1 aliphatic heterocycles. The SMILES string of the molecule is CNCC1Oc2ccccc2N(c2ccccc2)S1(=O)=O.Cl. The van der Waals surface area contributed by atoms with Gasteiger partial charge in [0.2, 0.25) is 5.44 Å². The van der Waals surface area contributed by atoms with Crippen LogP contribution in [0.5, 0.6) is 5.75 Å². The maximum atomic E-state index is 12.8. The Morgan fingerprint density at radius 1 is 1.09 bits per heavy atom. The Bertz CT molecular complexity index is 737. The average molecular weight is 341 g/mol. The summed E-state index contributed by atoms with van der Waals surface area (Å²) in [6.07, 6.45) is 0. The van der Waals surface area contributed by atoms with Crippen molar-refractivity contribution in [2.24, 2.45) is 0 Å². The van der Waals surface area contributed by atoms with Crippen LogP contribution in [-0.4, -0.2) is 27.4 Å². The van der Waals surface area contributed by atoms with Crippen molar-refractivity contribution < 1.29 is 13.2 Å². The third-order valence-electron chi connectivity index (χ3n) is 3.29. The molecule has 0 amide bonds. The molecular weight excluding hydrogens is 324 g/mol. The van der Waals surface area contributed by atoms with Crippen LogP contribution in [0.15, 0.2) is 54.6 Å². The first-order valence-corrected chi connectivity index (χ1v) is 8.14. The van der Waals surface area contributed by atoms with E-state index in [9.17, 15) is 8.42 Å². The van der Waals surface area contributed by atoms with E-state index in [1.807, 2.05) is 24.3 Å². The number of rotatable bonds is 3. The molecule has 22 heavy (non-hydrogen) atoms. The van der Waals surface area contributed by atoms with Crippen LogP contribution in [0.3, 0.4) is 0 Å². The summed E-state index contributed by atoms with van der Waals surface area (Å²) in [5.41, 5.74) is 0.197. The standard InChI is InChI=1S/C15H16N2O3S.ClH/c1-16-11-15-20-14-10-6-5-9-13(14)17(21(15,18)19)12-7-3-2-4-8-12;/h2-10,15-16H,11H2,1H3;1H. The number of hydrogen-bond acceptors (Lipinski definition) is 4. The molecule has 0 aliphatic carbocycles. The largest absolute Gasteiger partial charge is 0.469 e. The number of likely N-dealkylation sites (N-methyl/N-ethyl adjacent to an activating group) is 1. The van der Waals surface area contributed by atoms with Gasteiger partial charge in [0.15, 0.2) is 0 Å². The molecule has 2 aromatic rings. The molecule has 1 unspecified atom stereocenters. The number of hydrogen-bond donors (Lipinski definition) is 1. The second-order valence-corrected chi connectivity index (χ2v) is 6.64. The zero-order valence-corrected chi connectivity index (χ0v) is 13.6. The molecule has 7 heteroatoms. The molecule has 0 spiro atoms. The maximum absolute atomic E-state index is 12.8. The molecule has 2 aromatic carbocycles. The Balaban J connectivity index is 0.00000176. The van der Waals surface area contributed by atoms with Crippen molar-refractivity contribution in [3.8, 4) is 5.75 Å². The van der Waals surface area contributed by atoms with Gasteiger partial charge in [0.25, 0.3) is 10.0 Å². The second-order valence-electron chi connectivity index (χ2n) is 4.72. The number of anilines is 2. The quantitative estimate of drug-likeness (QED) is 0.932. The minimum atomic E-state index is -3.64. The van der Waals surface area contributed by atoms with Crippen molar-refractivity contribution in [3.63, 3.8) is 0 Å². The Labute approximate surface area is 136 Å². The molecule has 0 radical (unpaired) electrons. The molecule has 118 valence electrons. The Morgan fingerprint density at radius 3 is 2.41 bits per heavy atom. The average Bonchev–Trinajstić information content (AvgIpc) is 2.49. The summed E-state index contributed by atoms with van der Waals surface area (Å²) in [5, 5.41) is 2.87. The number of halogens is 1. The van der Waals surface area contributed by atoms with Crippen molar-refractivity contribution in [2.75, 3.05) is 17.9 Å². The highest BCUT2D eigenvalue weighted by atomic mass is 35.5. The second kappa shape index (κ2) is 6.56. The van der Waals surface area contributed by atoms with Crippen molar-refractivity contribution in [1.29, 1.82) is 0 Å². The lowest BCUT2D eigenvalue weighted by atomic mass is 10.2. The fraction of sp³-hybridized carbons (Fsp3) is 0.200. The van der Waals surface area contributed by atoms with Gasteiger partial charge in [0.1, 0.15) is 5.75 Å². The minimum absolute atomic E-state index is 0. The minimum Gasteiger partial charge on any atom is -0.469 e. The van der Waals surface area contributed by atoms with E-state index >= 15 is 0 Å². The van der Waals surface area contributed by atoms with E-state index in [2.05, 4.69) is 5.32 Å². The van der Waals surface area contributed by atoms with Crippen LogP contribution in [0.4, 0.5) is 11.4 Å². The van der Waals surface area contributed by atoms with Gasteiger partial charge in [-0.2, -0.15) is 0 Å². The maximum Gasteiger partial charge on any atom is 0.279 e. The first-order valence-electron chi connectivity index (χ1n) is 6.64. The lowest BCUT2D eigenvalue weighted by Gasteiger charge is -2.35. The highest BCUT2D eigenvalue weighted by Crippen LogP contribution is 2.41. The Hall–Kier alpha value is -1.76. The summed E-state index contributed by atoms with van der Waals surface area (Å²) in [4.78, 5) is 0. The molecule has 5 nitrogen and oxygen atoms in total. The van der Waals surface area contributed by atoms with Gasteiger partial charge in [0, 0.05) is 6.54 Å². The lowest BCUT2D eigenvalue weighted by molar-refractivity contribution is 0.266. The molecule has 0 aromatic heterocycles. The molecule has 3 rings (SSSR count). The Morgan fingerprint density at radius 2 is 1.73 bits per heavy atom. The van der Waals surface area contributed by atoms with Gasteiger partial charge in [-0.25, -0.2) is 12.7 Å². The van der Waals surface area contributed by atoms with Gasteiger partial charge in [-0.15, -0.1) is 12.4 Å². The summed E-state index contributed by atoms with van der Waals surface area (Å²) in [6, 6.07) is 16.2. The molecule has 0 bridgehead atoms. The summed E-state index contributed by atoms with van der Waals surface area (Å²) < 4.78 is 32.7. The van der Waals surface area contributed by atoms with Crippen molar-refractivity contribution >= 4 is 33.8 Å². The zero-order valence-electron chi connectivity index (χ0n) is 12.0. The number of nitrogens with one attached hydrogen (secondary N) is 1. The summed E-state index contributed by atoms with van der Waals surface area (Å²) in [6.45, 7) is 0.222. The third kappa shape index (κ3) is 2.77. The molecule has 1 aliphatic rings. The number of benzene rings is 2. The lowest BCUT2D eigenvalue weighted by Crippen LogP contribution is -2.47. The molecule has 1 N–H and O–H groups in total. The number of para-hydroxylation sites is 3. The van der Waals surface area contributed by atoms with Gasteiger partial charge in [-0.1, -0.05) is 30.3 Å². The number of ether oxygens (including phenoxy) is 1. The first kappa shape index (κ1) is 16.6. The topological polar surface area (TPSA) is 58.6 Å². The van der Waals surface area contributed by atoms with E-state index in [-0.39, 0.29) is 19.0 Å². The van der Waals surface area contributed by atoms with E-state index < -0.39 is 15.5 Å². The zero-order chi connectivity index (χ0) is 14.9. The molecular formula is C15H17ClN2O3S. The van der Waals surface area contributed by atoms with Gasteiger partial charge in [-0.3, -0.25) is 0 Å². The van der Waals surface area contributed by atoms with Crippen LogP contribution in [-0.2, 0) is 10.0 Å². The van der Waals surface area contributed by atoms with Gasteiger partial charge in [0.05, 0.1) is 11.4 Å². The predicted octanol–water partition coefficient (Wildman–Crippen LogP) is 2.51. The van der Waals surface area contributed by atoms with Crippen LogP contribution in [0.1, 0.15) is 0 Å². The van der Waals surface area contributed by atoms with Crippen molar-refractivity contribution in [2.45, 2.75) is 5.44 Å². The van der Waals surface area contributed by atoms with Gasteiger partial charge < -0.3 is 10.1 Å². The summed E-state index contributed by atoms with van der Waals surface area (Å²) in [7, 11) is -1.94. The van der Waals surface area contributed by atoms with Crippen LogP contribution in [0, 0.1) is 0 Å². The molecule has 0 fully saturated rings. The van der Waals surface area contributed by atoms with E-state index in [0.29, 0.717) is 17.1 Å². The van der Waals surface area contributed by atoms with E-state index in [0.717, 1.165) is 0 Å². The summed E-state index contributed by atoms with van der Waals surface area (Å²) >= 11 is 0. The summed E-state index contributed by atoms with van der Waals surface area (Å²) in [5.74, 6) is 0.566. The fourth-order valence-corrected chi connectivity index (χ4v) is 4.02. The molecule has 0 saturated carbocycles. The smallest absolute Gasteiger partial charge is 0.279 e.